The Balaban J connectivity index is 1.79. The lowest BCUT2D eigenvalue weighted by Crippen LogP contribution is -2.56. The van der Waals surface area contributed by atoms with Crippen LogP contribution in [0.4, 0.5) is 0 Å². The van der Waals surface area contributed by atoms with Crippen molar-refractivity contribution in [1.29, 1.82) is 0 Å². The molecule has 1 unspecified atom stereocenters. The molecule has 2 fully saturated rings. The van der Waals surface area contributed by atoms with Crippen LogP contribution in [0.25, 0.3) is 0 Å². The van der Waals surface area contributed by atoms with Gasteiger partial charge < -0.3 is 5.32 Å². The van der Waals surface area contributed by atoms with Gasteiger partial charge in [-0.05, 0) is 25.2 Å². The van der Waals surface area contributed by atoms with Crippen molar-refractivity contribution in [2.45, 2.75) is 45.2 Å². The van der Waals surface area contributed by atoms with Gasteiger partial charge in [-0.15, -0.1) is 0 Å². The summed E-state index contributed by atoms with van der Waals surface area (Å²) in [4.78, 5) is 2.70. The van der Waals surface area contributed by atoms with Crippen LogP contribution in [0, 0.1) is 5.92 Å². The van der Waals surface area contributed by atoms with Crippen LogP contribution < -0.4 is 5.32 Å². The van der Waals surface area contributed by atoms with Gasteiger partial charge in [-0.1, -0.05) is 13.8 Å². The Hall–Kier alpha value is -0.0800. The molecule has 0 aromatic heterocycles. The largest absolute Gasteiger partial charge is 0.311 e. The highest BCUT2D eigenvalue weighted by atomic mass is 15.2. The molecule has 0 amide bonds. The van der Waals surface area contributed by atoms with Crippen LogP contribution in [0.3, 0.4) is 0 Å². The minimum absolute atomic E-state index is 0.754. The van der Waals surface area contributed by atoms with Crippen molar-refractivity contribution in [2.24, 2.45) is 5.92 Å². The van der Waals surface area contributed by atoms with E-state index >= 15 is 0 Å². The fourth-order valence-corrected chi connectivity index (χ4v) is 2.61. The van der Waals surface area contributed by atoms with Gasteiger partial charge in [0.25, 0.3) is 0 Å². The summed E-state index contributed by atoms with van der Waals surface area (Å²) in [5.74, 6) is 0.986. The standard InChI is InChI=1S/C11H22N2/c1-3-10-8-13(5-4-12-10)11-6-9(2)7-11/h9-12H,3-8H2,1-2H3. The predicted molar refractivity (Wildman–Crippen MR) is 55.8 cm³/mol. The van der Waals surface area contributed by atoms with E-state index in [9.17, 15) is 0 Å². The number of nitrogens with one attached hydrogen (secondary N) is 1. The van der Waals surface area contributed by atoms with Crippen LogP contribution in [-0.2, 0) is 0 Å². The molecule has 1 aliphatic heterocycles. The maximum atomic E-state index is 3.57. The third kappa shape index (κ3) is 2.05. The van der Waals surface area contributed by atoms with Gasteiger partial charge in [0.2, 0.25) is 0 Å². The number of piperazine rings is 1. The highest BCUT2D eigenvalue weighted by Gasteiger charge is 2.32. The molecule has 0 bridgehead atoms. The summed E-state index contributed by atoms with van der Waals surface area (Å²) >= 11 is 0. The number of hydrogen-bond acceptors (Lipinski definition) is 2. The zero-order valence-electron chi connectivity index (χ0n) is 8.92. The van der Waals surface area contributed by atoms with E-state index in [2.05, 4.69) is 24.1 Å². The maximum Gasteiger partial charge on any atom is 0.0193 e. The second-order valence-corrected chi connectivity index (χ2v) is 4.78. The van der Waals surface area contributed by atoms with Crippen LogP contribution >= 0.6 is 0 Å². The highest BCUT2D eigenvalue weighted by Crippen LogP contribution is 2.31. The number of hydrogen-bond donors (Lipinski definition) is 1. The Kier molecular flexibility index (Phi) is 2.89. The Morgan fingerprint density at radius 1 is 1.38 bits per heavy atom. The van der Waals surface area contributed by atoms with Crippen molar-refractivity contribution in [2.75, 3.05) is 19.6 Å². The minimum Gasteiger partial charge on any atom is -0.311 e. The lowest BCUT2D eigenvalue weighted by molar-refractivity contribution is 0.0594. The second-order valence-electron chi connectivity index (χ2n) is 4.78. The average molecular weight is 182 g/mol. The van der Waals surface area contributed by atoms with E-state index in [4.69, 9.17) is 0 Å². The van der Waals surface area contributed by atoms with Gasteiger partial charge in [0, 0.05) is 31.7 Å². The summed E-state index contributed by atoms with van der Waals surface area (Å²) in [7, 11) is 0. The minimum atomic E-state index is 0.754. The Labute approximate surface area is 81.7 Å². The summed E-state index contributed by atoms with van der Waals surface area (Å²) < 4.78 is 0. The van der Waals surface area contributed by atoms with E-state index in [0.29, 0.717) is 0 Å². The average Bonchev–Trinajstić information content (AvgIpc) is 2.13. The van der Waals surface area contributed by atoms with Crippen molar-refractivity contribution < 1.29 is 0 Å². The molecule has 2 rings (SSSR count). The molecule has 0 radical (unpaired) electrons. The summed E-state index contributed by atoms with van der Waals surface area (Å²) in [6, 6.07) is 1.68. The molecule has 2 nitrogen and oxygen atoms in total. The summed E-state index contributed by atoms with van der Waals surface area (Å²) in [6.45, 7) is 8.41. The van der Waals surface area contributed by atoms with Crippen molar-refractivity contribution in [1.82, 2.24) is 10.2 Å². The molecule has 0 aromatic carbocycles. The van der Waals surface area contributed by atoms with Crippen LogP contribution in [0.1, 0.15) is 33.1 Å². The molecule has 0 spiro atoms. The lowest BCUT2D eigenvalue weighted by Gasteiger charge is -2.45. The molecule has 1 aliphatic carbocycles. The highest BCUT2D eigenvalue weighted by molar-refractivity contribution is 4.89. The lowest BCUT2D eigenvalue weighted by atomic mass is 9.80. The first-order chi connectivity index (χ1) is 6.29. The molecule has 1 N–H and O–H groups in total. The molecule has 0 aromatic rings. The molecule has 2 heteroatoms. The number of rotatable bonds is 2. The van der Waals surface area contributed by atoms with Crippen LogP contribution in [-0.4, -0.2) is 36.6 Å². The molecule has 1 atom stereocenters. The molecular weight excluding hydrogens is 160 g/mol. The molecular formula is C11H22N2. The van der Waals surface area contributed by atoms with E-state index in [1.165, 1.54) is 38.9 Å². The zero-order valence-corrected chi connectivity index (χ0v) is 8.92. The summed E-state index contributed by atoms with van der Waals surface area (Å²) in [5.41, 5.74) is 0. The third-order valence-electron chi connectivity index (χ3n) is 3.65. The van der Waals surface area contributed by atoms with E-state index in [1.807, 2.05) is 0 Å². The molecule has 13 heavy (non-hydrogen) atoms. The first-order valence-corrected chi connectivity index (χ1v) is 5.77. The topological polar surface area (TPSA) is 15.3 Å². The van der Waals surface area contributed by atoms with Gasteiger partial charge in [-0.3, -0.25) is 4.90 Å². The predicted octanol–water partition coefficient (Wildman–Crippen LogP) is 1.47. The monoisotopic (exact) mass is 182 g/mol. The van der Waals surface area contributed by atoms with Crippen molar-refractivity contribution in [3.8, 4) is 0 Å². The quantitative estimate of drug-likeness (QED) is 0.695. The Morgan fingerprint density at radius 3 is 2.77 bits per heavy atom. The van der Waals surface area contributed by atoms with Crippen molar-refractivity contribution in [3.05, 3.63) is 0 Å². The summed E-state index contributed by atoms with van der Waals surface area (Å²) in [5, 5.41) is 3.57. The smallest absolute Gasteiger partial charge is 0.0193 e. The first kappa shape index (κ1) is 9.47. The Morgan fingerprint density at radius 2 is 2.15 bits per heavy atom. The Bertz CT molecular complexity index is 163. The molecule has 2 aliphatic rings. The van der Waals surface area contributed by atoms with Gasteiger partial charge >= 0.3 is 0 Å². The maximum absolute atomic E-state index is 3.57. The van der Waals surface area contributed by atoms with E-state index in [-0.39, 0.29) is 0 Å². The van der Waals surface area contributed by atoms with Gasteiger partial charge in [0.1, 0.15) is 0 Å². The fraction of sp³-hybridized carbons (Fsp3) is 1.00. The van der Waals surface area contributed by atoms with Gasteiger partial charge in [-0.2, -0.15) is 0 Å². The van der Waals surface area contributed by atoms with Crippen molar-refractivity contribution >= 4 is 0 Å². The molecule has 1 saturated carbocycles. The zero-order chi connectivity index (χ0) is 9.26. The SMILES string of the molecule is CCC1CN(C2CC(C)C2)CCN1. The van der Waals surface area contributed by atoms with Crippen LogP contribution in [0.5, 0.6) is 0 Å². The van der Waals surface area contributed by atoms with Crippen molar-refractivity contribution in [3.63, 3.8) is 0 Å². The normalized spacial score (nSPS) is 41.5. The van der Waals surface area contributed by atoms with E-state index < -0.39 is 0 Å². The molecule has 76 valence electrons. The number of nitrogens with zero attached hydrogens (tertiary/aromatic N) is 1. The van der Waals surface area contributed by atoms with Gasteiger partial charge in [0.15, 0.2) is 0 Å². The fourth-order valence-electron chi connectivity index (χ4n) is 2.61. The first-order valence-electron chi connectivity index (χ1n) is 5.77. The third-order valence-corrected chi connectivity index (χ3v) is 3.65. The van der Waals surface area contributed by atoms with E-state index in [0.717, 1.165) is 18.0 Å². The van der Waals surface area contributed by atoms with Gasteiger partial charge in [0.05, 0.1) is 0 Å². The summed E-state index contributed by atoms with van der Waals surface area (Å²) in [6.07, 6.45) is 4.16. The van der Waals surface area contributed by atoms with Crippen LogP contribution in [0.2, 0.25) is 0 Å². The van der Waals surface area contributed by atoms with E-state index in [1.54, 1.807) is 0 Å². The van der Waals surface area contributed by atoms with Crippen LogP contribution in [0.15, 0.2) is 0 Å². The molecule has 1 heterocycles. The second kappa shape index (κ2) is 3.97. The molecule has 1 saturated heterocycles. The van der Waals surface area contributed by atoms with Gasteiger partial charge in [-0.25, -0.2) is 0 Å².